The van der Waals surface area contributed by atoms with Crippen LogP contribution in [0.4, 0.5) is 5.69 Å². The third kappa shape index (κ3) is 4.77. The summed E-state index contributed by atoms with van der Waals surface area (Å²) in [5, 5.41) is 10.7. The number of methoxy groups -OCH3 is 1. The van der Waals surface area contributed by atoms with Crippen LogP contribution in [-0.2, 0) is 17.9 Å². The van der Waals surface area contributed by atoms with Crippen molar-refractivity contribution in [2.45, 2.75) is 13.2 Å². The van der Waals surface area contributed by atoms with Crippen molar-refractivity contribution in [3.8, 4) is 11.5 Å². The molecular formula is C17H17N5O3. The first-order valence-electron chi connectivity index (χ1n) is 7.58. The zero-order chi connectivity index (χ0) is 17.5. The van der Waals surface area contributed by atoms with Gasteiger partial charge >= 0.3 is 0 Å². The molecule has 128 valence electrons. The first-order chi connectivity index (χ1) is 12.2. The first kappa shape index (κ1) is 16.4. The van der Waals surface area contributed by atoms with Gasteiger partial charge in [0.05, 0.1) is 25.2 Å². The van der Waals surface area contributed by atoms with Gasteiger partial charge in [-0.3, -0.25) is 9.78 Å². The monoisotopic (exact) mass is 339 g/mol. The van der Waals surface area contributed by atoms with E-state index in [0.717, 1.165) is 5.75 Å². The predicted molar refractivity (Wildman–Crippen MR) is 90.2 cm³/mol. The molecule has 0 spiro atoms. The number of nitrogens with zero attached hydrogens (tertiary/aromatic N) is 4. The summed E-state index contributed by atoms with van der Waals surface area (Å²) in [6.45, 7) is 0.320. The van der Waals surface area contributed by atoms with Gasteiger partial charge in [0.15, 0.2) is 0 Å². The molecule has 3 aromatic rings. The fraction of sp³-hybridized carbons (Fsp3) is 0.176. The maximum Gasteiger partial charge on any atom is 0.246 e. The number of carbonyl (C=O) groups excluding carboxylic acids is 1. The molecule has 0 aliphatic heterocycles. The van der Waals surface area contributed by atoms with E-state index < -0.39 is 0 Å². The molecule has 0 aliphatic rings. The van der Waals surface area contributed by atoms with Gasteiger partial charge in [0.25, 0.3) is 0 Å². The van der Waals surface area contributed by atoms with Gasteiger partial charge in [0.2, 0.25) is 5.91 Å². The summed E-state index contributed by atoms with van der Waals surface area (Å²) in [7, 11) is 1.61. The average Bonchev–Trinajstić information content (AvgIpc) is 3.08. The smallest absolute Gasteiger partial charge is 0.246 e. The third-order valence-corrected chi connectivity index (χ3v) is 3.28. The van der Waals surface area contributed by atoms with E-state index in [4.69, 9.17) is 9.47 Å². The molecule has 1 aromatic carbocycles. The molecule has 25 heavy (non-hydrogen) atoms. The lowest BCUT2D eigenvalue weighted by atomic mass is 10.3. The van der Waals surface area contributed by atoms with Crippen molar-refractivity contribution in [2.75, 3.05) is 12.4 Å². The van der Waals surface area contributed by atoms with E-state index in [-0.39, 0.29) is 19.1 Å². The van der Waals surface area contributed by atoms with E-state index in [2.05, 4.69) is 20.6 Å². The molecule has 2 aromatic heterocycles. The van der Waals surface area contributed by atoms with Crippen LogP contribution < -0.4 is 14.8 Å². The van der Waals surface area contributed by atoms with E-state index in [9.17, 15) is 4.79 Å². The van der Waals surface area contributed by atoms with Gasteiger partial charge in [-0.15, -0.1) is 5.10 Å². The minimum atomic E-state index is -0.208. The molecule has 0 saturated heterocycles. The van der Waals surface area contributed by atoms with Crippen LogP contribution in [0.3, 0.4) is 0 Å². The standard InChI is InChI=1S/C17H17N5O3/c1-24-15-4-6-16(7-5-15)25-12-14-10-22(21-20-14)11-17(23)19-13-3-2-8-18-9-13/h2-10H,11-12H2,1H3,(H,19,23). The third-order valence-electron chi connectivity index (χ3n) is 3.28. The van der Waals surface area contributed by atoms with Crippen LogP contribution in [-0.4, -0.2) is 33.0 Å². The summed E-state index contributed by atoms with van der Waals surface area (Å²) < 4.78 is 12.2. The highest BCUT2D eigenvalue weighted by molar-refractivity contribution is 5.90. The number of ether oxygens (including phenoxy) is 2. The molecule has 3 rings (SSSR count). The number of carbonyl (C=O) groups is 1. The lowest BCUT2D eigenvalue weighted by Gasteiger charge is -2.05. The molecule has 2 heterocycles. The number of aromatic nitrogens is 4. The Balaban J connectivity index is 1.50. The number of hydrogen-bond acceptors (Lipinski definition) is 6. The maximum atomic E-state index is 12.0. The highest BCUT2D eigenvalue weighted by Crippen LogP contribution is 2.17. The lowest BCUT2D eigenvalue weighted by molar-refractivity contribution is -0.116. The highest BCUT2D eigenvalue weighted by Gasteiger charge is 2.07. The predicted octanol–water partition coefficient (Wildman–Crippen LogP) is 1.90. The molecule has 0 bridgehead atoms. The Morgan fingerprint density at radius 3 is 2.72 bits per heavy atom. The van der Waals surface area contributed by atoms with Gasteiger partial charge < -0.3 is 14.8 Å². The van der Waals surface area contributed by atoms with Crippen molar-refractivity contribution < 1.29 is 14.3 Å². The summed E-state index contributed by atoms with van der Waals surface area (Å²) >= 11 is 0. The van der Waals surface area contributed by atoms with Crippen LogP contribution in [0, 0.1) is 0 Å². The zero-order valence-corrected chi connectivity index (χ0v) is 13.6. The molecular weight excluding hydrogens is 322 g/mol. The highest BCUT2D eigenvalue weighted by atomic mass is 16.5. The minimum absolute atomic E-state index is 0.0600. The second-order valence-corrected chi connectivity index (χ2v) is 5.16. The van der Waals surface area contributed by atoms with Gasteiger partial charge in [-0.1, -0.05) is 5.21 Å². The summed E-state index contributed by atoms with van der Waals surface area (Å²) in [4.78, 5) is 15.9. The van der Waals surface area contributed by atoms with Crippen LogP contribution in [0.15, 0.2) is 55.0 Å². The number of amides is 1. The molecule has 0 unspecified atom stereocenters. The van der Waals surface area contributed by atoms with Crippen LogP contribution in [0.2, 0.25) is 0 Å². The topological polar surface area (TPSA) is 91.2 Å². The first-order valence-corrected chi connectivity index (χ1v) is 7.58. The van der Waals surface area contributed by atoms with Gasteiger partial charge in [-0.05, 0) is 36.4 Å². The van der Waals surface area contributed by atoms with Crippen LogP contribution in [0.1, 0.15) is 5.69 Å². The summed E-state index contributed by atoms with van der Waals surface area (Å²) in [6.07, 6.45) is 4.89. The van der Waals surface area contributed by atoms with Crippen LogP contribution >= 0.6 is 0 Å². The minimum Gasteiger partial charge on any atom is -0.497 e. The van der Waals surface area contributed by atoms with Crippen molar-refractivity contribution in [1.82, 2.24) is 20.0 Å². The van der Waals surface area contributed by atoms with E-state index in [1.54, 1.807) is 37.8 Å². The number of rotatable bonds is 7. The number of hydrogen-bond donors (Lipinski definition) is 1. The van der Waals surface area contributed by atoms with E-state index in [0.29, 0.717) is 17.1 Å². The van der Waals surface area contributed by atoms with Gasteiger partial charge in [0, 0.05) is 6.20 Å². The van der Waals surface area contributed by atoms with Gasteiger partial charge in [-0.2, -0.15) is 0 Å². The molecule has 1 N–H and O–H groups in total. The molecule has 0 saturated carbocycles. The summed E-state index contributed by atoms with van der Waals surface area (Å²) in [6, 6.07) is 10.8. The maximum absolute atomic E-state index is 12.0. The van der Waals surface area contributed by atoms with E-state index >= 15 is 0 Å². The summed E-state index contributed by atoms with van der Waals surface area (Å²) in [5.41, 5.74) is 1.26. The lowest BCUT2D eigenvalue weighted by Crippen LogP contribution is -2.19. The Morgan fingerprint density at radius 2 is 2.00 bits per heavy atom. The Kier molecular flexibility index (Phi) is 5.20. The Hall–Kier alpha value is -3.42. The SMILES string of the molecule is COc1ccc(OCc2cn(CC(=O)Nc3cccnc3)nn2)cc1. The Bertz CT molecular complexity index is 818. The van der Waals surface area contributed by atoms with Crippen molar-refractivity contribution in [2.24, 2.45) is 0 Å². The number of pyridine rings is 1. The largest absolute Gasteiger partial charge is 0.497 e. The van der Waals surface area contributed by atoms with Crippen LogP contribution in [0.25, 0.3) is 0 Å². The molecule has 0 aliphatic carbocycles. The molecule has 0 fully saturated rings. The molecule has 0 radical (unpaired) electrons. The quantitative estimate of drug-likeness (QED) is 0.707. The number of benzene rings is 1. The second kappa shape index (κ2) is 7.91. The molecule has 1 amide bonds. The fourth-order valence-corrected chi connectivity index (χ4v) is 2.10. The van der Waals surface area contributed by atoms with Crippen LogP contribution in [0.5, 0.6) is 11.5 Å². The van der Waals surface area contributed by atoms with Gasteiger partial charge in [0.1, 0.15) is 30.3 Å². The number of anilines is 1. The molecule has 8 heteroatoms. The second-order valence-electron chi connectivity index (χ2n) is 5.16. The van der Waals surface area contributed by atoms with Crippen molar-refractivity contribution in [3.05, 3.63) is 60.7 Å². The normalized spacial score (nSPS) is 10.3. The molecule has 0 atom stereocenters. The van der Waals surface area contributed by atoms with Crippen molar-refractivity contribution in [1.29, 1.82) is 0 Å². The summed E-state index contributed by atoms with van der Waals surface area (Å²) in [5.74, 6) is 1.25. The Labute approximate surface area is 144 Å². The van der Waals surface area contributed by atoms with E-state index in [1.807, 2.05) is 24.3 Å². The van der Waals surface area contributed by atoms with E-state index in [1.165, 1.54) is 4.68 Å². The van der Waals surface area contributed by atoms with Crippen molar-refractivity contribution >= 4 is 11.6 Å². The van der Waals surface area contributed by atoms with Crippen molar-refractivity contribution in [3.63, 3.8) is 0 Å². The zero-order valence-electron chi connectivity index (χ0n) is 13.6. The Morgan fingerprint density at radius 1 is 1.20 bits per heavy atom. The van der Waals surface area contributed by atoms with Gasteiger partial charge in [-0.25, -0.2) is 4.68 Å². The average molecular weight is 339 g/mol. The number of nitrogens with one attached hydrogen (secondary N) is 1. The molecule has 8 nitrogen and oxygen atoms in total. The fourth-order valence-electron chi connectivity index (χ4n) is 2.10.